The van der Waals surface area contributed by atoms with Crippen molar-refractivity contribution in [3.8, 4) is 34.1 Å². The Morgan fingerprint density at radius 2 is 1.92 bits per heavy atom. The fraction of sp³-hybridized carbons (Fsp3) is 0.0870. The Kier molecular flexibility index (Phi) is 6.00. The van der Waals surface area contributed by atoms with Gasteiger partial charge >= 0.3 is 5.69 Å². The van der Waals surface area contributed by atoms with Gasteiger partial charge in [-0.1, -0.05) is 40.1 Å². The number of nitro groups is 1. The quantitative estimate of drug-likeness (QED) is 0.243. The van der Waals surface area contributed by atoms with Gasteiger partial charge in [-0.05, 0) is 37.3 Å². The third kappa shape index (κ3) is 4.57. The van der Waals surface area contributed by atoms with Crippen molar-refractivity contribution in [2.75, 3.05) is 5.32 Å². The highest BCUT2D eigenvalue weighted by atomic mass is 35.5. The number of amides is 1. The zero-order valence-electron chi connectivity index (χ0n) is 18.6. The van der Waals surface area contributed by atoms with Crippen molar-refractivity contribution in [2.24, 2.45) is 0 Å². The summed E-state index contributed by atoms with van der Waals surface area (Å²) in [6.07, 6.45) is 2.27. The number of hydrogen-bond acceptors (Lipinski definition) is 9. The molecule has 12 nitrogen and oxygen atoms in total. The third-order valence-corrected chi connectivity index (χ3v) is 5.52. The van der Waals surface area contributed by atoms with Crippen LogP contribution in [-0.4, -0.2) is 35.9 Å². The normalized spacial score (nSPS) is 10.9. The minimum Gasteiger partial charge on any atom is -0.360 e. The molecule has 13 heteroatoms. The molecule has 0 fully saturated rings. The van der Waals surface area contributed by atoms with Crippen LogP contribution in [0.5, 0.6) is 0 Å². The Labute approximate surface area is 207 Å². The molecule has 5 aromatic rings. The maximum atomic E-state index is 12.2. The van der Waals surface area contributed by atoms with E-state index in [1.807, 2.05) is 18.2 Å². The largest absolute Gasteiger partial charge is 0.360 e. The predicted octanol–water partition coefficient (Wildman–Crippen LogP) is 4.76. The molecule has 3 heterocycles. The van der Waals surface area contributed by atoms with Crippen molar-refractivity contribution in [1.29, 1.82) is 0 Å². The Bertz CT molecular complexity index is 1570. The molecule has 36 heavy (non-hydrogen) atoms. The zero-order valence-corrected chi connectivity index (χ0v) is 19.3. The summed E-state index contributed by atoms with van der Waals surface area (Å²) in [7, 11) is 0. The van der Waals surface area contributed by atoms with Crippen LogP contribution in [0.3, 0.4) is 0 Å². The minimum absolute atomic E-state index is 0.171. The number of aromatic nitrogens is 5. The maximum absolute atomic E-state index is 12.2. The highest BCUT2D eigenvalue weighted by Crippen LogP contribution is 2.37. The molecule has 0 radical (unpaired) electrons. The first-order valence-corrected chi connectivity index (χ1v) is 10.9. The first-order chi connectivity index (χ1) is 17.4. The van der Waals surface area contributed by atoms with Gasteiger partial charge in [0.15, 0.2) is 0 Å². The number of aryl methyl sites for hydroxylation is 1. The van der Waals surface area contributed by atoms with Gasteiger partial charge < -0.3 is 14.4 Å². The van der Waals surface area contributed by atoms with Gasteiger partial charge in [0, 0.05) is 16.8 Å². The summed E-state index contributed by atoms with van der Waals surface area (Å²) in [5.41, 5.74) is 2.70. The van der Waals surface area contributed by atoms with Crippen molar-refractivity contribution in [1.82, 2.24) is 25.1 Å². The molecule has 180 valence electrons. The Balaban J connectivity index is 1.31. The van der Waals surface area contributed by atoms with Crippen LogP contribution in [0.25, 0.3) is 34.1 Å². The topological polar surface area (TPSA) is 155 Å². The second-order valence-electron chi connectivity index (χ2n) is 7.64. The van der Waals surface area contributed by atoms with Gasteiger partial charge in [0.1, 0.15) is 36.0 Å². The lowest BCUT2D eigenvalue weighted by atomic mass is 10.1. The van der Waals surface area contributed by atoms with Gasteiger partial charge in [-0.2, -0.15) is 10.1 Å². The Hall–Kier alpha value is -4.84. The van der Waals surface area contributed by atoms with E-state index in [4.69, 9.17) is 20.6 Å². The molecule has 0 spiro atoms. The first-order valence-electron chi connectivity index (χ1n) is 10.5. The molecular formula is C23H16ClN7O5. The number of rotatable bonds is 7. The number of benzene rings is 2. The lowest BCUT2D eigenvalue weighted by Crippen LogP contribution is -2.18. The molecule has 0 saturated heterocycles. The fourth-order valence-corrected chi connectivity index (χ4v) is 3.71. The second kappa shape index (κ2) is 9.43. The maximum Gasteiger partial charge on any atom is 0.307 e. The van der Waals surface area contributed by atoms with Crippen molar-refractivity contribution < 1.29 is 18.8 Å². The summed E-state index contributed by atoms with van der Waals surface area (Å²) in [5.74, 6) is 0.667. The van der Waals surface area contributed by atoms with E-state index in [0.717, 1.165) is 6.20 Å². The van der Waals surface area contributed by atoms with Gasteiger partial charge in [-0.25, -0.2) is 0 Å². The van der Waals surface area contributed by atoms with Crippen LogP contribution in [-0.2, 0) is 11.3 Å². The Morgan fingerprint density at radius 1 is 1.14 bits per heavy atom. The van der Waals surface area contributed by atoms with E-state index in [-0.39, 0.29) is 18.1 Å². The summed E-state index contributed by atoms with van der Waals surface area (Å²) in [6, 6.07) is 14.0. The molecule has 1 N–H and O–H groups in total. The summed E-state index contributed by atoms with van der Waals surface area (Å²) < 4.78 is 12.0. The highest BCUT2D eigenvalue weighted by molar-refractivity contribution is 6.33. The van der Waals surface area contributed by atoms with E-state index in [1.54, 1.807) is 37.3 Å². The average Bonchev–Trinajstić information content (AvgIpc) is 3.60. The predicted molar refractivity (Wildman–Crippen MR) is 128 cm³/mol. The van der Waals surface area contributed by atoms with E-state index in [0.29, 0.717) is 44.7 Å². The van der Waals surface area contributed by atoms with Crippen molar-refractivity contribution >= 4 is 28.9 Å². The second-order valence-corrected chi connectivity index (χ2v) is 8.05. The summed E-state index contributed by atoms with van der Waals surface area (Å²) in [4.78, 5) is 26.9. The molecule has 0 unspecified atom stereocenters. The lowest BCUT2D eigenvalue weighted by Gasteiger charge is -2.05. The molecular weight excluding hydrogens is 490 g/mol. The monoisotopic (exact) mass is 505 g/mol. The van der Waals surface area contributed by atoms with Crippen molar-refractivity contribution in [3.05, 3.63) is 81.8 Å². The molecule has 0 atom stereocenters. The Morgan fingerprint density at radius 3 is 2.64 bits per heavy atom. The first kappa shape index (κ1) is 22.9. The van der Waals surface area contributed by atoms with Crippen LogP contribution in [0.4, 0.5) is 11.4 Å². The standard InChI is InChI=1S/C23H16ClN7O5/c1-13-20(21(28-35-13)17-4-2-3-5-18(17)24)23-27-22(29-36-23)14-6-8-15(9-7-14)26-19(32)12-30-11-16(10-25-30)31(33)34/h2-11H,12H2,1H3,(H,26,32). The summed E-state index contributed by atoms with van der Waals surface area (Å²) >= 11 is 6.33. The fourth-order valence-electron chi connectivity index (χ4n) is 3.49. The van der Waals surface area contributed by atoms with Crippen molar-refractivity contribution in [2.45, 2.75) is 13.5 Å². The zero-order chi connectivity index (χ0) is 25.2. The minimum atomic E-state index is -0.578. The summed E-state index contributed by atoms with van der Waals surface area (Å²) in [6.45, 7) is 1.57. The van der Waals surface area contributed by atoms with Crippen molar-refractivity contribution in [3.63, 3.8) is 0 Å². The van der Waals surface area contributed by atoms with Crippen LogP contribution >= 0.6 is 11.6 Å². The molecule has 2 aromatic carbocycles. The van der Waals surface area contributed by atoms with Crippen LogP contribution < -0.4 is 5.32 Å². The average molecular weight is 506 g/mol. The molecule has 0 aliphatic rings. The highest BCUT2D eigenvalue weighted by Gasteiger charge is 2.24. The number of carbonyl (C=O) groups excluding carboxylic acids is 1. The SMILES string of the molecule is Cc1onc(-c2ccccc2Cl)c1-c1nc(-c2ccc(NC(=O)Cn3cc([N+](=O)[O-])cn3)cc2)no1. The van der Waals surface area contributed by atoms with Crippen LogP contribution in [0.2, 0.25) is 5.02 Å². The van der Waals surface area contributed by atoms with E-state index >= 15 is 0 Å². The molecule has 5 rings (SSSR count). The van der Waals surface area contributed by atoms with E-state index in [1.165, 1.54) is 10.9 Å². The third-order valence-electron chi connectivity index (χ3n) is 5.19. The van der Waals surface area contributed by atoms with E-state index in [9.17, 15) is 14.9 Å². The van der Waals surface area contributed by atoms with Crippen LogP contribution in [0, 0.1) is 17.0 Å². The van der Waals surface area contributed by atoms with Gasteiger partial charge in [0.25, 0.3) is 5.89 Å². The smallest absolute Gasteiger partial charge is 0.307 e. The van der Waals surface area contributed by atoms with Crippen LogP contribution in [0.1, 0.15) is 5.76 Å². The number of carbonyl (C=O) groups is 1. The number of hydrogen-bond donors (Lipinski definition) is 1. The molecule has 1 amide bonds. The van der Waals surface area contributed by atoms with Gasteiger partial charge in [0.2, 0.25) is 11.7 Å². The lowest BCUT2D eigenvalue weighted by molar-refractivity contribution is -0.385. The molecule has 0 aliphatic heterocycles. The van der Waals surface area contributed by atoms with Gasteiger partial charge in [0.05, 0.1) is 9.95 Å². The number of nitrogens with zero attached hydrogens (tertiary/aromatic N) is 6. The summed E-state index contributed by atoms with van der Waals surface area (Å²) in [5, 5.41) is 25.9. The number of nitrogens with one attached hydrogen (secondary N) is 1. The van der Waals surface area contributed by atoms with Gasteiger partial charge in [-0.15, -0.1) is 0 Å². The van der Waals surface area contributed by atoms with Gasteiger partial charge in [-0.3, -0.25) is 19.6 Å². The number of halogens is 1. The van der Waals surface area contributed by atoms with E-state index < -0.39 is 10.8 Å². The molecule has 0 aliphatic carbocycles. The van der Waals surface area contributed by atoms with Crippen LogP contribution in [0.15, 0.2) is 70.0 Å². The number of anilines is 1. The van der Waals surface area contributed by atoms with E-state index in [2.05, 4.69) is 25.7 Å². The molecule has 0 bridgehead atoms. The molecule has 3 aromatic heterocycles. The molecule has 0 saturated carbocycles.